The van der Waals surface area contributed by atoms with Gasteiger partial charge in [-0.2, -0.15) is 0 Å². The van der Waals surface area contributed by atoms with Gasteiger partial charge in [0, 0.05) is 25.6 Å². The van der Waals surface area contributed by atoms with Crippen molar-refractivity contribution in [1.29, 1.82) is 0 Å². The van der Waals surface area contributed by atoms with Gasteiger partial charge in [0.2, 0.25) is 21.8 Å². The number of hydrogen-bond donors (Lipinski definition) is 1. The number of benzene rings is 2. The predicted molar refractivity (Wildman–Crippen MR) is 144 cm³/mol. The van der Waals surface area contributed by atoms with Crippen molar-refractivity contribution in [2.24, 2.45) is 0 Å². The Morgan fingerprint density at radius 1 is 1.06 bits per heavy atom. The molecule has 9 heteroatoms. The number of nitrogens with zero attached hydrogens (tertiary/aromatic N) is 2. The number of anilines is 1. The fourth-order valence-electron chi connectivity index (χ4n) is 3.84. The van der Waals surface area contributed by atoms with E-state index in [1.54, 1.807) is 36.1 Å². The topological polar surface area (TPSA) is 96.0 Å². The molecule has 8 nitrogen and oxygen atoms in total. The van der Waals surface area contributed by atoms with Crippen molar-refractivity contribution in [3.05, 3.63) is 59.7 Å². The molecule has 2 atom stereocenters. The lowest BCUT2D eigenvalue weighted by atomic mass is 10.1. The van der Waals surface area contributed by atoms with Crippen LogP contribution in [-0.4, -0.2) is 57.1 Å². The lowest BCUT2D eigenvalue weighted by molar-refractivity contribution is -0.140. The first-order valence-corrected chi connectivity index (χ1v) is 14.1. The highest BCUT2D eigenvalue weighted by molar-refractivity contribution is 7.92. The lowest BCUT2D eigenvalue weighted by Crippen LogP contribution is -2.49. The zero-order valence-electron chi connectivity index (χ0n) is 22.2. The number of ether oxygens (including phenoxy) is 1. The molecule has 0 spiro atoms. The number of rotatable bonds is 13. The van der Waals surface area contributed by atoms with Gasteiger partial charge in [-0.05, 0) is 56.9 Å². The molecule has 0 aromatic heterocycles. The maximum Gasteiger partial charge on any atom is 0.242 e. The van der Waals surface area contributed by atoms with E-state index in [4.69, 9.17) is 4.74 Å². The van der Waals surface area contributed by atoms with E-state index in [1.165, 1.54) is 11.4 Å². The van der Waals surface area contributed by atoms with E-state index in [0.717, 1.165) is 23.8 Å². The Labute approximate surface area is 215 Å². The van der Waals surface area contributed by atoms with Gasteiger partial charge in [0.15, 0.2) is 0 Å². The van der Waals surface area contributed by atoms with Gasteiger partial charge in [0.25, 0.3) is 0 Å². The van der Waals surface area contributed by atoms with Crippen molar-refractivity contribution in [3.8, 4) is 5.75 Å². The van der Waals surface area contributed by atoms with Gasteiger partial charge in [-0.25, -0.2) is 8.42 Å². The van der Waals surface area contributed by atoms with Gasteiger partial charge in [-0.3, -0.25) is 13.9 Å². The molecule has 2 rings (SSSR count). The fraction of sp³-hybridized carbons (Fsp3) is 0.481. The molecule has 36 heavy (non-hydrogen) atoms. The summed E-state index contributed by atoms with van der Waals surface area (Å²) in [6, 6.07) is 14.0. The van der Waals surface area contributed by atoms with Crippen LogP contribution in [0.5, 0.6) is 5.75 Å². The Bertz CT molecular complexity index is 1140. The standard InChI is InChI=1S/C27H39N3O5S/c1-7-21(3)28-27(32)22(4)29(19-23-14-9-8-13-20(23)2)26(31)17-12-18-30(36(6,33)34)24-15-10-11-16-25(24)35-5/h8-11,13-16,21-22H,7,12,17-19H2,1-6H3,(H,28,32)/t21-,22+/m1/s1. The Morgan fingerprint density at radius 3 is 2.31 bits per heavy atom. The van der Waals surface area contributed by atoms with E-state index in [9.17, 15) is 18.0 Å². The Balaban J connectivity index is 2.21. The third-order valence-electron chi connectivity index (χ3n) is 6.28. The van der Waals surface area contributed by atoms with Crippen molar-refractivity contribution in [1.82, 2.24) is 10.2 Å². The molecule has 0 aliphatic carbocycles. The first-order valence-electron chi connectivity index (χ1n) is 12.2. The summed E-state index contributed by atoms with van der Waals surface area (Å²) < 4.78 is 31.7. The van der Waals surface area contributed by atoms with Crippen LogP contribution in [0, 0.1) is 6.92 Å². The average molecular weight is 518 g/mol. The highest BCUT2D eigenvalue weighted by atomic mass is 32.2. The normalized spacial score (nSPS) is 12.9. The number of aryl methyl sites for hydroxylation is 1. The molecular formula is C27H39N3O5S. The quantitative estimate of drug-likeness (QED) is 0.435. The molecular weight excluding hydrogens is 478 g/mol. The molecule has 0 radical (unpaired) electrons. The average Bonchev–Trinajstić information content (AvgIpc) is 2.84. The summed E-state index contributed by atoms with van der Waals surface area (Å²) in [6.07, 6.45) is 2.30. The zero-order valence-corrected chi connectivity index (χ0v) is 23.0. The van der Waals surface area contributed by atoms with Gasteiger partial charge in [0.1, 0.15) is 11.8 Å². The van der Waals surface area contributed by atoms with Crippen LogP contribution < -0.4 is 14.4 Å². The summed E-state index contributed by atoms with van der Waals surface area (Å²) in [4.78, 5) is 27.9. The van der Waals surface area contributed by atoms with E-state index < -0.39 is 16.1 Å². The van der Waals surface area contributed by atoms with Gasteiger partial charge >= 0.3 is 0 Å². The van der Waals surface area contributed by atoms with Crippen molar-refractivity contribution >= 4 is 27.5 Å². The number of carbonyl (C=O) groups is 2. The van der Waals surface area contributed by atoms with Gasteiger partial charge in [-0.15, -0.1) is 0 Å². The monoisotopic (exact) mass is 517 g/mol. The Kier molecular flexibility index (Phi) is 10.8. The highest BCUT2D eigenvalue weighted by Crippen LogP contribution is 2.29. The minimum Gasteiger partial charge on any atom is -0.495 e. The fourth-order valence-corrected chi connectivity index (χ4v) is 4.81. The minimum atomic E-state index is -3.60. The third kappa shape index (κ3) is 7.98. The molecule has 2 aromatic rings. The largest absolute Gasteiger partial charge is 0.495 e. The molecule has 0 bridgehead atoms. The van der Waals surface area contributed by atoms with Gasteiger partial charge in [-0.1, -0.05) is 43.3 Å². The van der Waals surface area contributed by atoms with E-state index >= 15 is 0 Å². The van der Waals surface area contributed by atoms with E-state index in [1.807, 2.05) is 45.0 Å². The first kappa shape index (κ1) is 29.2. The SMILES string of the molecule is CC[C@@H](C)NC(=O)[C@H](C)N(Cc1ccccc1C)C(=O)CCCN(c1ccccc1OC)S(C)(=O)=O. The summed E-state index contributed by atoms with van der Waals surface area (Å²) in [7, 11) is -2.12. The molecule has 2 amide bonds. The number of para-hydroxylation sites is 2. The molecule has 0 saturated heterocycles. The summed E-state index contributed by atoms with van der Waals surface area (Å²) in [5, 5.41) is 2.96. The third-order valence-corrected chi connectivity index (χ3v) is 7.46. The first-order chi connectivity index (χ1) is 17.0. The second-order valence-electron chi connectivity index (χ2n) is 9.05. The number of amides is 2. The summed E-state index contributed by atoms with van der Waals surface area (Å²) in [5.41, 5.74) is 2.41. The number of nitrogens with one attached hydrogen (secondary N) is 1. The number of methoxy groups -OCH3 is 1. The van der Waals surface area contributed by atoms with Crippen molar-refractivity contribution in [2.75, 3.05) is 24.2 Å². The van der Waals surface area contributed by atoms with Crippen LogP contribution in [-0.2, 0) is 26.2 Å². The van der Waals surface area contributed by atoms with Crippen LogP contribution in [0.3, 0.4) is 0 Å². The summed E-state index contributed by atoms with van der Waals surface area (Å²) in [5.74, 6) is 0.0161. The molecule has 198 valence electrons. The second-order valence-corrected chi connectivity index (χ2v) is 11.0. The number of carbonyl (C=O) groups excluding carboxylic acids is 2. The maximum absolute atomic E-state index is 13.4. The second kappa shape index (κ2) is 13.3. The van der Waals surface area contributed by atoms with Crippen LogP contribution in [0.1, 0.15) is 51.2 Å². The smallest absolute Gasteiger partial charge is 0.242 e. The van der Waals surface area contributed by atoms with E-state index in [-0.39, 0.29) is 37.2 Å². The van der Waals surface area contributed by atoms with Crippen molar-refractivity contribution in [2.45, 2.75) is 65.6 Å². The molecule has 0 aliphatic rings. The van der Waals surface area contributed by atoms with E-state index in [0.29, 0.717) is 18.0 Å². The maximum atomic E-state index is 13.4. The van der Waals surface area contributed by atoms with Gasteiger partial charge < -0.3 is 15.0 Å². The molecule has 2 aromatic carbocycles. The van der Waals surface area contributed by atoms with Crippen LogP contribution in [0.15, 0.2) is 48.5 Å². The summed E-state index contributed by atoms with van der Waals surface area (Å²) in [6.45, 7) is 8.01. The van der Waals surface area contributed by atoms with Crippen LogP contribution in [0.4, 0.5) is 5.69 Å². The molecule has 0 aliphatic heterocycles. The Morgan fingerprint density at radius 2 is 1.69 bits per heavy atom. The zero-order chi connectivity index (χ0) is 26.9. The highest BCUT2D eigenvalue weighted by Gasteiger charge is 2.28. The number of hydrogen-bond acceptors (Lipinski definition) is 5. The summed E-state index contributed by atoms with van der Waals surface area (Å²) >= 11 is 0. The van der Waals surface area contributed by atoms with E-state index in [2.05, 4.69) is 5.32 Å². The predicted octanol–water partition coefficient (Wildman–Crippen LogP) is 3.88. The van der Waals surface area contributed by atoms with Crippen LogP contribution >= 0.6 is 0 Å². The molecule has 0 unspecified atom stereocenters. The minimum absolute atomic E-state index is 0.000430. The van der Waals surface area contributed by atoms with Crippen molar-refractivity contribution in [3.63, 3.8) is 0 Å². The molecule has 0 heterocycles. The Hall–Kier alpha value is -3.07. The van der Waals surface area contributed by atoms with Crippen LogP contribution in [0.25, 0.3) is 0 Å². The van der Waals surface area contributed by atoms with Gasteiger partial charge in [0.05, 0.1) is 19.1 Å². The molecule has 1 N–H and O–H groups in total. The lowest BCUT2D eigenvalue weighted by Gasteiger charge is -2.30. The molecule has 0 fully saturated rings. The number of sulfonamides is 1. The molecule has 0 saturated carbocycles. The van der Waals surface area contributed by atoms with Crippen LogP contribution in [0.2, 0.25) is 0 Å². The van der Waals surface area contributed by atoms with Crippen molar-refractivity contribution < 1.29 is 22.7 Å².